The van der Waals surface area contributed by atoms with Crippen LogP contribution in [-0.4, -0.2) is 75.6 Å². The third-order valence-electron chi connectivity index (χ3n) is 12.1. The predicted octanol–water partition coefficient (Wildman–Crippen LogP) is 9.82. The second-order valence-corrected chi connectivity index (χ2v) is 22.5. The first-order valence-corrected chi connectivity index (χ1v) is 25.1. The van der Waals surface area contributed by atoms with Crippen LogP contribution in [0, 0.1) is 0 Å². The maximum atomic E-state index is 12.8. The molecule has 0 bridgehead atoms. The lowest BCUT2D eigenvalue weighted by Gasteiger charge is -2.39. The van der Waals surface area contributed by atoms with E-state index in [2.05, 4.69) is 65.8 Å². The fraction of sp³-hybridized carbons (Fsp3) is 0.420. The predicted molar refractivity (Wildman–Crippen MR) is 252 cm³/mol. The normalized spacial score (nSPS) is 14.3. The summed E-state index contributed by atoms with van der Waals surface area (Å²) in [7, 11) is -2.18. The van der Waals surface area contributed by atoms with E-state index in [9.17, 15) is 14.4 Å². The molecule has 1 unspecified atom stereocenters. The van der Waals surface area contributed by atoms with Gasteiger partial charge >= 0.3 is 6.09 Å². The van der Waals surface area contributed by atoms with Gasteiger partial charge in [-0.25, -0.2) is 4.79 Å². The van der Waals surface area contributed by atoms with E-state index in [0.29, 0.717) is 43.9 Å². The summed E-state index contributed by atoms with van der Waals surface area (Å²) in [5, 5.41) is 10.6. The number of piperidine rings is 1. The zero-order valence-corrected chi connectivity index (χ0v) is 38.1. The Kier molecular flexibility index (Phi) is 16.5. The van der Waals surface area contributed by atoms with Crippen LogP contribution < -0.4 is 26.2 Å². The number of pyridine rings is 1. The van der Waals surface area contributed by atoms with E-state index >= 15 is 0 Å². The zero-order chi connectivity index (χ0) is 44.0. The first kappa shape index (κ1) is 46.2. The molecule has 0 aliphatic carbocycles. The number of nitrogens with one attached hydrogen (secondary N) is 4. The lowest BCUT2D eigenvalue weighted by Crippen LogP contribution is -2.43. The first-order chi connectivity index (χ1) is 29.9. The minimum Gasteiger partial charge on any atom is -0.487 e. The van der Waals surface area contributed by atoms with Crippen LogP contribution >= 0.6 is 0 Å². The smallest absolute Gasteiger partial charge is 0.411 e. The summed E-state index contributed by atoms with van der Waals surface area (Å²) in [5.74, 6) is 0.695. The highest BCUT2D eigenvalue weighted by atomic mass is 28.4. The summed E-state index contributed by atoms with van der Waals surface area (Å²) >= 11 is 0. The van der Waals surface area contributed by atoms with E-state index < -0.39 is 14.4 Å². The van der Waals surface area contributed by atoms with Gasteiger partial charge in [-0.3, -0.25) is 14.9 Å². The molecule has 12 heteroatoms. The number of nitrogens with zero attached hydrogens (tertiary/aromatic N) is 1. The van der Waals surface area contributed by atoms with E-state index in [-0.39, 0.29) is 28.7 Å². The molecular weight excluding hydrogens is 795 g/mol. The monoisotopic (exact) mass is 859 g/mol. The molecule has 1 aromatic heterocycles. The summed E-state index contributed by atoms with van der Waals surface area (Å²) in [6.07, 6.45) is 3.95. The molecule has 1 atom stereocenters. The van der Waals surface area contributed by atoms with Crippen molar-refractivity contribution in [3.63, 3.8) is 0 Å². The van der Waals surface area contributed by atoms with Crippen LogP contribution in [0.2, 0.25) is 18.1 Å². The molecule has 0 spiro atoms. The number of carbonyl (C=O) groups excluding carboxylic acids is 2. The number of benzene rings is 4. The number of hydrogen-bond acceptors (Lipinski definition) is 8. The Labute approximate surface area is 368 Å². The van der Waals surface area contributed by atoms with E-state index in [1.807, 2.05) is 97.1 Å². The summed E-state index contributed by atoms with van der Waals surface area (Å²) in [6, 6.07) is 35.2. The molecule has 330 valence electrons. The number of hydrogen-bond donors (Lipinski definition) is 4. The molecule has 4 N–H and O–H groups in total. The minimum absolute atomic E-state index is 0.0151. The second kappa shape index (κ2) is 22.2. The van der Waals surface area contributed by atoms with Crippen LogP contribution in [0.25, 0.3) is 22.0 Å². The highest BCUT2D eigenvalue weighted by Gasteiger charge is 2.40. The molecule has 1 aliphatic heterocycles. The van der Waals surface area contributed by atoms with Crippen molar-refractivity contribution in [1.29, 1.82) is 0 Å². The average Bonchev–Trinajstić information content (AvgIpc) is 3.26. The minimum atomic E-state index is -2.18. The standard InChI is InChI=1S/C50H65N5O6Si/c1-50(2,3)62(4,5)61-45(41-23-25-44(48-42(41)24-26-47(57)54-48)59-36-37-17-9-6-10-18-37)35-51-30-15-8-16-31-52-46(56)29-34-55-32-27-39(28-33-55)60-49(58)53-43-22-14-13-21-40(43)38-19-11-7-12-20-38/h6-7,9-14,17-26,39,45,51H,8,15-16,27-36H2,1-5H3,(H,52,56)(H,53,58)(H,54,57). The molecule has 4 aromatic carbocycles. The SMILES string of the molecule is CC(C)(C)[Si](C)(C)OC(CNCCCCCNC(=O)CCN1CCC(OC(=O)Nc2ccccc2-c2ccccc2)CC1)c1ccc(OCc2ccccc2)c2[nH]c(=O)ccc12. The molecule has 1 fully saturated rings. The largest absolute Gasteiger partial charge is 0.487 e. The van der Waals surface area contributed by atoms with Crippen molar-refractivity contribution >= 4 is 36.9 Å². The number of H-pyrrole nitrogens is 1. The molecule has 62 heavy (non-hydrogen) atoms. The number of aromatic amines is 1. The van der Waals surface area contributed by atoms with Gasteiger partial charge in [0, 0.05) is 56.2 Å². The van der Waals surface area contributed by atoms with Crippen molar-refractivity contribution in [2.24, 2.45) is 0 Å². The Balaban J connectivity index is 0.895. The van der Waals surface area contributed by atoms with Gasteiger partial charge in [-0.1, -0.05) is 112 Å². The average molecular weight is 860 g/mol. The number of anilines is 1. The quantitative estimate of drug-likeness (QED) is 0.0449. The van der Waals surface area contributed by atoms with Gasteiger partial charge in [0.2, 0.25) is 11.5 Å². The molecule has 2 heterocycles. The van der Waals surface area contributed by atoms with Crippen LogP contribution in [0.5, 0.6) is 5.75 Å². The lowest BCUT2D eigenvalue weighted by molar-refractivity contribution is -0.121. The second-order valence-electron chi connectivity index (χ2n) is 17.8. The number of rotatable bonds is 20. The van der Waals surface area contributed by atoms with Crippen molar-refractivity contribution in [2.45, 2.75) is 96.2 Å². The summed E-state index contributed by atoms with van der Waals surface area (Å²) in [6.45, 7) is 16.0. The summed E-state index contributed by atoms with van der Waals surface area (Å²) < 4.78 is 19.1. The van der Waals surface area contributed by atoms with Crippen LogP contribution in [-0.2, 0) is 20.6 Å². The number of likely N-dealkylation sites (tertiary alicyclic amines) is 1. The topological polar surface area (TPSA) is 134 Å². The van der Waals surface area contributed by atoms with Crippen molar-refractivity contribution in [3.05, 3.63) is 131 Å². The molecule has 5 aromatic rings. The molecule has 0 saturated carbocycles. The van der Waals surface area contributed by atoms with Crippen molar-refractivity contribution in [3.8, 4) is 16.9 Å². The van der Waals surface area contributed by atoms with Crippen LogP contribution in [0.1, 0.15) is 76.5 Å². The molecule has 6 rings (SSSR count). The summed E-state index contributed by atoms with van der Waals surface area (Å²) in [4.78, 5) is 43.3. The molecule has 0 radical (unpaired) electrons. The number of para-hydroxylation sites is 1. The van der Waals surface area contributed by atoms with Crippen molar-refractivity contribution in [1.82, 2.24) is 20.5 Å². The van der Waals surface area contributed by atoms with Crippen molar-refractivity contribution in [2.75, 3.05) is 44.6 Å². The Morgan fingerprint density at radius 3 is 2.27 bits per heavy atom. The Morgan fingerprint density at radius 1 is 0.839 bits per heavy atom. The lowest BCUT2D eigenvalue weighted by atomic mass is 10.0. The fourth-order valence-corrected chi connectivity index (χ4v) is 8.77. The van der Waals surface area contributed by atoms with Gasteiger partial charge in [-0.05, 0) is 85.2 Å². The highest BCUT2D eigenvalue weighted by molar-refractivity contribution is 6.74. The molecule has 11 nitrogen and oxygen atoms in total. The van der Waals surface area contributed by atoms with Gasteiger partial charge in [-0.2, -0.15) is 0 Å². The van der Waals surface area contributed by atoms with Gasteiger partial charge < -0.3 is 34.4 Å². The summed E-state index contributed by atoms with van der Waals surface area (Å²) in [5.41, 5.74) is 5.27. The van der Waals surface area contributed by atoms with E-state index in [1.165, 1.54) is 0 Å². The van der Waals surface area contributed by atoms with Gasteiger partial charge in [-0.15, -0.1) is 0 Å². The number of fused-ring (bicyclic) bond motifs is 1. The Morgan fingerprint density at radius 2 is 1.53 bits per heavy atom. The van der Waals surface area contributed by atoms with Crippen LogP contribution in [0.3, 0.4) is 0 Å². The Hall–Kier alpha value is -5.27. The third kappa shape index (κ3) is 13.4. The maximum absolute atomic E-state index is 12.8. The zero-order valence-electron chi connectivity index (χ0n) is 37.1. The molecule has 1 aliphatic rings. The fourth-order valence-electron chi connectivity index (χ4n) is 7.50. The van der Waals surface area contributed by atoms with E-state index in [0.717, 1.165) is 85.1 Å². The van der Waals surface area contributed by atoms with Gasteiger partial charge in [0.05, 0.1) is 17.3 Å². The molecular formula is C50H65N5O6Si. The highest BCUT2D eigenvalue weighted by Crippen LogP contribution is 2.41. The number of aromatic nitrogens is 1. The first-order valence-electron chi connectivity index (χ1n) is 22.2. The van der Waals surface area contributed by atoms with Crippen LogP contribution in [0.4, 0.5) is 10.5 Å². The van der Waals surface area contributed by atoms with Crippen molar-refractivity contribution < 1.29 is 23.5 Å². The Bertz CT molecular complexity index is 2250. The van der Waals surface area contributed by atoms with E-state index in [4.69, 9.17) is 13.9 Å². The molecule has 1 saturated heterocycles. The van der Waals surface area contributed by atoms with Crippen LogP contribution in [0.15, 0.2) is 114 Å². The number of unbranched alkanes of at least 4 members (excludes halogenated alkanes) is 2. The number of amides is 2. The maximum Gasteiger partial charge on any atom is 0.411 e. The number of ether oxygens (including phenoxy) is 2. The molecule has 2 amide bonds. The van der Waals surface area contributed by atoms with Gasteiger partial charge in [0.15, 0.2) is 8.32 Å². The van der Waals surface area contributed by atoms with Gasteiger partial charge in [0.25, 0.3) is 0 Å². The number of carbonyl (C=O) groups is 2. The van der Waals surface area contributed by atoms with E-state index in [1.54, 1.807) is 6.07 Å². The van der Waals surface area contributed by atoms with Gasteiger partial charge in [0.1, 0.15) is 18.5 Å². The third-order valence-corrected chi connectivity index (χ3v) is 16.6.